The van der Waals surface area contributed by atoms with E-state index < -0.39 is 29.4 Å². The van der Waals surface area contributed by atoms with E-state index in [2.05, 4.69) is 30.5 Å². The minimum absolute atomic E-state index is 0.00733. The Hall–Kier alpha value is -3.87. The van der Waals surface area contributed by atoms with Gasteiger partial charge in [0.15, 0.2) is 5.82 Å². The molecule has 166 valence electrons. The Labute approximate surface area is 182 Å². The average molecular weight is 466 g/mol. The third kappa shape index (κ3) is 3.66. The van der Waals surface area contributed by atoms with Crippen molar-refractivity contribution >= 4 is 40.1 Å². The van der Waals surface area contributed by atoms with Crippen LogP contribution in [0, 0.1) is 5.82 Å². The van der Waals surface area contributed by atoms with Crippen molar-refractivity contribution in [1.82, 2.24) is 29.7 Å². The summed E-state index contributed by atoms with van der Waals surface area (Å²) in [6.07, 6.45) is -1.68. The molecule has 0 bridgehead atoms. The van der Waals surface area contributed by atoms with Gasteiger partial charge >= 0.3 is 0 Å². The van der Waals surface area contributed by atoms with Gasteiger partial charge in [-0.3, -0.25) is 9.89 Å². The highest BCUT2D eigenvalue weighted by Gasteiger charge is 2.24. The molecule has 6 N–H and O–H groups in total. The summed E-state index contributed by atoms with van der Waals surface area (Å²) in [5.74, 6) is -1.00. The van der Waals surface area contributed by atoms with Crippen molar-refractivity contribution in [2.75, 3.05) is 16.8 Å². The SMILES string of the molecule is C[C@H](Nc1nc(N)nc(N)c1Cl)c1nc2c(C(F)F)cc(F)cc2c(=O)n1-c1ccn[nH]1. The highest BCUT2D eigenvalue weighted by Crippen LogP contribution is 2.31. The molecule has 4 rings (SSSR count). The number of aromatic nitrogens is 6. The van der Waals surface area contributed by atoms with Crippen LogP contribution < -0.4 is 22.3 Å². The molecule has 1 atom stereocenters. The Morgan fingerprint density at radius 1 is 1.22 bits per heavy atom. The number of benzene rings is 1. The van der Waals surface area contributed by atoms with Gasteiger partial charge in [0.1, 0.15) is 28.3 Å². The van der Waals surface area contributed by atoms with Crippen molar-refractivity contribution in [3.8, 4) is 5.82 Å². The van der Waals surface area contributed by atoms with Gasteiger partial charge in [-0.05, 0) is 19.1 Å². The van der Waals surface area contributed by atoms with Crippen LogP contribution in [0.15, 0.2) is 29.2 Å². The second-order valence-electron chi connectivity index (χ2n) is 6.74. The van der Waals surface area contributed by atoms with Crippen LogP contribution in [0.25, 0.3) is 16.7 Å². The first-order valence-electron chi connectivity index (χ1n) is 9.06. The van der Waals surface area contributed by atoms with E-state index in [1.807, 2.05) is 0 Å². The summed E-state index contributed by atoms with van der Waals surface area (Å²) in [6.45, 7) is 1.58. The van der Waals surface area contributed by atoms with Gasteiger partial charge in [-0.25, -0.2) is 22.7 Å². The first-order valence-corrected chi connectivity index (χ1v) is 9.44. The van der Waals surface area contributed by atoms with Gasteiger partial charge < -0.3 is 16.8 Å². The predicted octanol–water partition coefficient (Wildman–Crippen LogP) is 2.97. The van der Waals surface area contributed by atoms with Crippen LogP contribution in [0.3, 0.4) is 0 Å². The second kappa shape index (κ2) is 8.00. The van der Waals surface area contributed by atoms with E-state index in [9.17, 15) is 18.0 Å². The third-order valence-electron chi connectivity index (χ3n) is 4.59. The van der Waals surface area contributed by atoms with Crippen LogP contribution in [-0.2, 0) is 0 Å². The molecule has 0 aliphatic carbocycles. The number of rotatable bonds is 5. The zero-order chi connectivity index (χ0) is 23.2. The summed E-state index contributed by atoms with van der Waals surface area (Å²) in [4.78, 5) is 25.2. The third-order valence-corrected chi connectivity index (χ3v) is 4.96. The lowest BCUT2D eigenvalue weighted by atomic mass is 10.1. The number of nitrogen functional groups attached to an aromatic ring is 2. The summed E-state index contributed by atoms with van der Waals surface area (Å²) in [5, 5.41) is 8.97. The van der Waals surface area contributed by atoms with E-state index in [0.29, 0.717) is 6.07 Å². The molecule has 3 heterocycles. The van der Waals surface area contributed by atoms with E-state index in [4.69, 9.17) is 23.1 Å². The quantitative estimate of drug-likeness (QED) is 0.351. The maximum Gasteiger partial charge on any atom is 0.267 e. The Morgan fingerprint density at radius 2 is 1.97 bits per heavy atom. The molecule has 0 aliphatic heterocycles. The first-order chi connectivity index (χ1) is 15.2. The fourth-order valence-corrected chi connectivity index (χ4v) is 3.35. The van der Waals surface area contributed by atoms with Crippen molar-refractivity contribution in [1.29, 1.82) is 0 Å². The predicted molar refractivity (Wildman–Crippen MR) is 112 cm³/mol. The van der Waals surface area contributed by atoms with Crippen LogP contribution in [0.2, 0.25) is 5.02 Å². The maximum atomic E-state index is 14.0. The fourth-order valence-electron chi connectivity index (χ4n) is 3.21. The molecule has 0 fully saturated rings. The normalized spacial score (nSPS) is 12.4. The lowest BCUT2D eigenvalue weighted by Crippen LogP contribution is -2.28. The lowest BCUT2D eigenvalue weighted by Gasteiger charge is -2.20. The second-order valence-corrected chi connectivity index (χ2v) is 7.12. The topological polar surface area (TPSA) is 153 Å². The van der Waals surface area contributed by atoms with E-state index in [1.165, 1.54) is 12.3 Å². The summed E-state index contributed by atoms with van der Waals surface area (Å²) < 4.78 is 42.3. The molecule has 0 unspecified atom stereocenters. The molecule has 0 saturated heterocycles. The Kier molecular flexibility index (Phi) is 5.34. The van der Waals surface area contributed by atoms with E-state index in [-0.39, 0.29) is 45.2 Å². The molecule has 1 aromatic carbocycles. The first kappa shape index (κ1) is 21.4. The van der Waals surface area contributed by atoms with Crippen LogP contribution >= 0.6 is 11.6 Å². The molecule has 0 radical (unpaired) electrons. The maximum absolute atomic E-state index is 14.0. The van der Waals surface area contributed by atoms with Crippen LogP contribution in [0.5, 0.6) is 0 Å². The number of nitrogens with two attached hydrogens (primary N) is 2. The lowest BCUT2D eigenvalue weighted by molar-refractivity contribution is 0.152. The molecule has 32 heavy (non-hydrogen) atoms. The molecule has 0 spiro atoms. The van der Waals surface area contributed by atoms with Crippen molar-refractivity contribution in [2.24, 2.45) is 0 Å². The number of hydrogen-bond donors (Lipinski definition) is 4. The number of hydrogen-bond acceptors (Lipinski definition) is 8. The van der Waals surface area contributed by atoms with Gasteiger partial charge in [0.2, 0.25) is 5.95 Å². The van der Waals surface area contributed by atoms with Crippen molar-refractivity contribution in [3.05, 3.63) is 57.0 Å². The molecule has 10 nitrogen and oxygen atoms in total. The fraction of sp³-hybridized carbons (Fsp3) is 0.167. The van der Waals surface area contributed by atoms with E-state index in [0.717, 1.165) is 10.6 Å². The Bertz CT molecular complexity index is 1370. The number of nitrogens with zero attached hydrogens (tertiary/aromatic N) is 5. The van der Waals surface area contributed by atoms with Gasteiger partial charge in [0.05, 0.1) is 23.1 Å². The molecule has 0 amide bonds. The number of H-pyrrole nitrogens is 1. The minimum atomic E-state index is -3.06. The van der Waals surface area contributed by atoms with Gasteiger partial charge in [0.25, 0.3) is 12.0 Å². The zero-order valence-corrected chi connectivity index (χ0v) is 17.0. The van der Waals surface area contributed by atoms with Crippen LogP contribution in [0.4, 0.5) is 30.8 Å². The number of aromatic amines is 1. The van der Waals surface area contributed by atoms with Crippen LogP contribution in [-0.4, -0.2) is 29.7 Å². The summed E-state index contributed by atoms with van der Waals surface area (Å²) >= 11 is 6.13. The molecule has 14 heteroatoms. The molecule has 4 aromatic rings. The van der Waals surface area contributed by atoms with Gasteiger partial charge in [-0.1, -0.05) is 11.6 Å². The Balaban J connectivity index is 1.97. The zero-order valence-electron chi connectivity index (χ0n) is 16.3. The molecule has 0 saturated carbocycles. The largest absolute Gasteiger partial charge is 0.382 e. The van der Waals surface area contributed by atoms with Crippen LogP contribution in [0.1, 0.15) is 30.8 Å². The van der Waals surface area contributed by atoms with Crippen molar-refractivity contribution < 1.29 is 13.2 Å². The number of alkyl halides is 2. The standard InChI is InChI=1S/C18H15ClF3N9O/c1-6(26-15-11(19)14(23)28-18(24)29-15)16-27-12-8(13(21)22)4-7(20)5-9(12)17(32)31(16)10-2-3-25-30-10/h2-6,13H,1H3,(H,25,30)(H5,23,24,26,28,29)/t6-/m0/s1. The Morgan fingerprint density at radius 3 is 2.62 bits per heavy atom. The van der Waals surface area contributed by atoms with Crippen molar-refractivity contribution in [2.45, 2.75) is 19.4 Å². The average Bonchev–Trinajstić information content (AvgIpc) is 3.25. The van der Waals surface area contributed by atoms with Crippen molar-refractivity contribution in [3.63, 3.8) is 0 Å². The molecular weight excluding hydrogens is 451 g/mol. The summed E-state index contributed by atoms with van der Waals surface area (Å²) in [7, 11) is 0. The number of anilines is 3. The monoisotopic (exact) mass is 465 g/mol. The molecular formula is C18H15ClF3N9O. The number of fused-ring (bicyclic) bond motifs is 1. The molecule has 3 aromatic heterocycles. The van der Waals surface area contributed by atoms with Gasteiger partial charge in [-0.2, -0.15) is 15.1 Å². The summed E-state index contributed by atoms with van der Waals surface area (Å²) in [5.41, 5.74) is 9.49. The van der Waals surface area contributed by atoms with E-state index >= 15 is 0 Å². The smallest absolute Gasteiger partial charge is 0.267 e. The molecule has 0 aliphatic rings. The van der Waals surface area contributed by atoms with Gasteiger partial charge in [-0.15, -0.1) is 0 Å². The highest BCUT2D eigenvalue weighted by molar-refractivity contribution is 6.35. The number of nitrogens with one attached hydrogen (secondary N) is 2. The summed E-state index contributed by atoms with van der Waals surface area (Å²) in [6, 6.07) is 2.13. The minimum Gasteiger partial charge on any atom is -0.382 e. The van der Waals surface area contributed by atoms with E-state index in [1.54, 1.807) is 6.92 Å². The highest BCUT2D eigenvalue weighted by atomic mass is 35.5. The number of halogens is 4. The van der Waals surface area contributed by atoms with Gasteiger partial charge in [0, 0.05) is 11.6 Å².